The fourth-order valence-corrected chi connectivity index (χ4v) is 6.30. The first-order chi connectivity index (χ1) is 11.0. The van der Waals surface area contributed by atoms with Crippen molar-refractivity contribution in [2.75, 3.05) is 0 Å². The summed E-state index contributed by atoms with van der Waals surface area (Å²) in [5, 5.41) is 12.6. The van der Waals surface area contributed by atoms with E-state index >= 15 is 0 Å². The molecule has 4 fully saturated rings. The topological polar surface area (TPSA) is 40.4 Å². The van der Waals surface area contributed by atoms with E-state index in [1.807, 2.05) is 0 Å². The van der Waals surface area contributed by atoms with Gasteiger partial charge in [0.15, 0.2) is 5.54 Å². The van der Waals surface area contributed by atoms with Gasteiger partial charge in [-0.3, -0.25) is 0 Å². The van der Waals surface area contributed by atoms with Crippen LogP contribution < -0.4 is 5.32 Å². The van der Waals surface area contributed by atoms with E-state index < -0.39 is 0 Å². The third-order valence-electron chi connectivity index (χ3n) is 7.12. The normalized spacial score (nSPS) is 39.2. The Labute approximate surface area is 140 Å². The number of hydrogen-bond acceptors (Lipinski definition) is 1. The Hall–Kier alpha value is -1.33. The van der Waals surface area contributed by atoms with Gasteiger partial charge in [0, 0.05) is 17.4 Å². The fraction of sp³-hybridized carbons (Fsp3) is 0.667. The predicted octanol–water partition coefficient (Wildman–Crippen LogP) is 3.65. The van der Waals surface area contributed by atoms with Gasteiger partial charge in [0.2, 0.25) is 0 Å². The van der Waals surface area contributed by atoms with Crippen molar-refractivity contribution in [1.29, 1.82) is 5.26 Å². The predicted molar refractivity (Wildman–Crippen MR) is 91.6 cm³/mol. The lowest BCUT2D eigenvalue weighted by Crippen LogP contribution is -3.01. The number of nitrogens with two attached hydrogens (primary N) is 1. The molecule has 0 heterocycles. The van der Waals surface area contributed by atoms with Crippen LogP contribution in [0.2, 0.25) is 0 Å². The molecule has 0 radical (unpaired) electrons. The molecule has 0 aromatic heterocycles. The first-order valence-corrected chi connectivity index (χ1v) is 9.36. The van der Waals surface area contributed by atoms with Gasteiger partial charge in [-0.05, 0) is 70.3 Å². The summed E-state index contributed by atoms with van der Waals surface area (Å²) in [5.41, 5.74) is 3.93. The van der Waals surface area contributed by atoms with Crippen molar-refractivity contribution in [2.45, 2.75) is 64.5 Å². The van der Waals surface area contributed by atoms with Gasteiger partial charge in [-0.25, -0.2) is 0 Å². The maximum atomic E-state index is 10.2. The summed E-state index contributed by atoms with van der Waals surface area (Å²) in [6.07, 6.45) is 6.65. The lowest BCUT2D eigenvalue weighted by molar-refractivity contribution is -0.767. The van der Waals surface area contributed by atoms with Crippen LogP contribution in [0.4, 0.5) is 0 Å². The van der Waals surface area contributed by atoms with Gasteiger partial charge in [0.05, 0.1) is 0 Å². The monoisotopic (exact) mass is 309 g/mol. The Balaban J connectivity index is 1.62. The van der Waals surface area contributed by atoms with Crippen molar-refractivity contribution in [2.24, 2.45) is 23.7 Å². The van der Waals surface area contributed by atoms with Crippen LogP contribution in [0.5, 0.6) is 0 Å². The quantitative estimate of drug-likeness (QED) is 0.909. The van der Waals surface area contributed by atoms with Crippen LogP contribution in [0.15, 0.2) is 18.2 Å². The van der Waals surface area contributed by atoms with E-state index in [2.05, 4.69) is 50.4 Å². The van der Waals surface area contributed by atoms with Gasteiger partial charge in [-0.15, -0.1) is 0 Å². The van der Waals surface area contributed by atoms with Crippen LogP contribution in [0.3, 0.4) is 0 Å². The standard InChI is InChI=1S/C21H28N2/c1-13-4-5-20(14(2)6-13)15(3)23-21(12-22)18-8-16-7-17(10-18)11-19(21)9-16/h4-6,15-19,23H,7-11H2,1-3H3/p+1. The van der Waals surface area contributed by atoms with E-state index in [0.29, 0.717) is 17.9 Å². The van der Waals surface area contributed by atoms with Gasteiger partial charge >= 0.3 is 0 Å². The second-order valence-corrected chi connectivity index (χ2v) is 8.66. The fourth-order valence-electron chi connectivity index (χ4n) is 6.30. The minimum absolute atomic E-state index is 0.163. The smallest absolute Gasteiger partial charge is 0.189 e. The molecule has 4 aliphatic rings. The molecule has 0 spiro atoms. The minimum atomic E-state index is -0.163. The Morgan fingerprint density at radius 2 is 1.70 bits per heavy atom. The summed E-state index contributed by atoms with van der Waals surface area (Å²) >= 11 is 0. The average Bonchev–Trinajstić information content (AvgIpc) is 2.50. The van der Waals surface area contributed by atoms with Crippen LogP contribution in [-0.2, 0) is 0 Å². The van der Waals surface area contributed by atoms with E-state index in [1.165, 1.54) is 48.8 Å². The molecule has 4 saturated carbocycles. The van der Waals surface area contributed by atoms with E-state index in [9.17, 15) is 5.26 Å². The number of quaternary nitrogens is 1. The molecule has 4 aliphatic carbocycles. The van der Waals surface area contributed by atoms with Crippen LogP contribution >= 0.6 is 0 Å². The molecule has 4 bridgehead atoms. The lowest BCUT2D eigenvalue weighted by atomic mass is 9.49. The number of aryl methyl sites for hydroxylation is 2. The van der Waals surface area contributed by atoms with Gasteiger partial charge in [-0.2, -0.15) is 5.26 Å². The second-order valence-electron chi connectivity index (χ2n) is 8.66. The molecule has 1 aromatic carbocycles. The highest BCUT2D eigenvalue weighted by Crippen LogP contribution is 2.56. The van der Waals surface area contributed by atoms with Crippen LogP contribution in [0.25, 0.3) is 0 Å². The molecule has 1 aromatic rings. The zero-order valence-electron chi connectivity index (χ0n) is 14.7. The molecule has 5 rings (SSSR count). The highest BCUT2D eigenvalue weighted by atomic mass is 15.0. The summed E-state index contributed by atoms with van der Waals surface area (Å²) < 4.78 is 0. The zero-order valence-corrected chi connectivity index (χ0v) is 14.7. The minimum Gasteiger partial charge on any atom is -0.323 e. The molecule has 2 nitrogen and oxygen atoms in total. The molecule has 2 N–H and O–H groups in total. The van der Waals surface area contributed by atoms with Crippen LogP contribution in [-0.4, -0.2) is 5.54 Å². The number of nitriles is 1. The maximum absolute atomic E-state index is 10.2. The molecular weight excluding hydrogens is 280 g/mol. The first-order valence-electron chi connectivity index (χ1n) is 9.36. The van der Waals surface area contributed by atoms with Gasteiger partial charge in [-0.1, -0.05) is 23.8 Å². The van der Waals surface area contributed by atoms with E-state index in [1.54, 1.807) is 0 Å². The molecule has 2 heteroatoms. The first kappa shape index (κ1) is 15.2. The maximum Gasteiger partial charge on any atom is 0.189 e. The summed E-state index contributed by atoms with van der Waals surface area (Å²) in [7, 11) is 0. The van der Waals surface area contributed by atoms with Crippen molar-refractivity contribution in [3.8, 4) is 6.07 Å². The molecule has 23 heavy (non-hydrogen) atoms. The highest BCUT2D eigenvalue weighted by Gasteiger charge is 2.61. The Morgan fingerprint density at radius 1 is 1.09 bits per heavy atom. The molecule has 0 aliphatic heterocycles. The van der Waals surface area contributed by atoms with E-state index in [4.69, 9.17) is 0 Å². The highest BCUT2D eigenvalue weighted by molar-refractivity contribution is 5.31. The summed E-state index contributed by atoms with van der Waals surface area (Å²) in [4.78, 5) is 0. The molecular formula is C21H29N2+. The third-order valence-corrected chi connectivity index (χ3v) is 7.12. The number of hydrogen-bond donors (Lipinski definition) is 1. The molecule has 0 amide bonds. The Bertz CT molecular complexity index is 626. The van der Waals surface area contributed by atoms with Gasteiger partial charge in [0.1, 0.15) is 12.1 Å². The summed E-state index contributed by atoms with van der Waals surface area (Å²) in [5.74, 6) is 3.08. The van der Waals surface area contributed by atoms with Crippen molar-refractivity contribution in [1.82, 2.24) is 0 Å². The average molecular weight is 309 g/mol. The van der Waals surface area contributed by atoms with E-state index in [0.717, 1.165) is 11.8 Å². The second kappa shape index (κ2) is 5.35. The van der Waals surface area contributed by atoms with Gasteiger partial charge < -0.3 is 5.32 Å². The lowest BCUT2D eigenvalue weighted by Gasteiger charge is -2.56. The molecule has 0 saturated heterocycles. The molecule has 122 valence electrons. The molecule has 1 unspecified atom stereocenters. The Morgan fingerprint density at radius 3 is 2.22 bits per heavy atom. The van der Waals surface area contributed by atoms with Crippen LogP contribution in [0, 0.1) is 48.9 Å². The number of rotatable bonds is 3. The number of benzene rings is 1. The molecule has 1 atom stereocenters. The summed E-state index contributed by atoms with van der Waals surface area (Å²) in [6.45, 7) is 6.66. The van der Waals surface area contributed by atoms with Crippen molar-refractivity contribution >= 4 is 0 Å². The Kier molecular flexibility index (Phi) is 3.54. The summed E-state index contributed by atoms with van der Waals surface area (Å²) in [6, 6.07) is 9.96. The number of nitrogens with zero attached hydrogens (tertiary/aromatic N) is 1. The van der Waals surface area contributed by atoms with Crippen molar-refractivity contribution in [3.63, 3.8) is 0 Å². The van der Waals surface area contributed by atoms with Crippen molar-refractivity contribution < 1.29 is 5.32 Å². The zero-order chi connectivity index (χ0) is 16.2. The van der Waals surface area contributed by atoms with Crippen molar-refractivity contribution in [3.05, 3.63) is 34.9 Å². The largest absolute Gasteiger partial charge is 0.323 e. The van der Waals surface area contributed by atoms with E-state index in [-0.39, 0.29) is 5.54 Å². The SMILES string of the molecule is Cc1ccc(C(C)[NH2+]C2(C#N)C3CC4CC(C3)CC2C4)c(C)c1. The van der Waals surface area contributed by atoms with Gasteiger partial charge in [0.25, 0.3) is 0 Å². The third kappa shape index (κ3) is 2.32. The van der Waals surface area contributed by atoms with Crippen LogP contribution in [0.1, 0.15) is 61.8 Å².